The van der Waals surface area contributed by atoms with Crippen molar-refractivity contribution < 1.29 is 29.8 Å². The van der Waals surface area contributed by atoms with E-state index in [4.69, 9.17) is 14.2 Å². The molecule has 408 valence electrons. The zero-order chi connectivity index (χ0) is 56.5. The minimum atomic E-state index is -0.537. The molecule has 0 aliphatic carbocycles. The fourth-order valence-electron chi connectivity index (χ4n) is 9.09. The SMILES string of the molecule is COc1nc(C)c(=O)n(O)c1Cc1c[nH]c2c(CC=C(C)C)cccc12.COc1nc(C)c(=O)n(O)c1Cc1c[nH]c2c(CC=C(C)C)cccc12.COc1nc(C)c(=O)n(O)c1Cc1c[nH]c2c(CC=C(C)C)cccc12. The van der Waals surface area contributed by atoms with E-state index in [1.165, 1.54) is 54.7 Å². The number of hydrogen-bond donors (Lipinski definition) is 6. The van der Waals surface area contributed by atoms with Crippen molar-refractivity contribution in [3.8, 4) is 17.6 Å². The van der Waals surface area contributed by atoms with Crippen LogP contribution in [0.5, 0.6) is 17.6 Å². The monoisotopic (exact) mass is 1060 g/mol. The molecule has 0 aliphatic heterocycles. The summed E-state index contributed by atoms with van der Waals surface area (Å²) in [5, 5.41) is 33.8. The van der Waals surface area contributed by atoms with Crippen molar-refractivity contribution >= 4 is 32.7 Å². The Morgan fingerprint density at radius 1 is 0.449 bits per heavy atom. The maximum atomic E-state index is 12.0. The maximum Gasteiger partial charge on any atom is 0.304 e. The summed E-state index contributed by atoms with van der Waals surface area (Å²) >= 11 is 0. The molecule has 0 fully saturated rings. The Kier molecular flexibility index (Phi) is 18.0. The first-order valence-electron chi connectivity index (χ1n) is 25.5. The van der Waals surface area contributed by atoms with Gasteiger partial charge in [-0.05, 0) is 115 Å². The summed E-state index contributed by atoms with van der Waals surface area (Å²) in [6.45, 7) is 17.1. The number of hydrogen-bond acceptors (Lipinski definition) is 12. The molecule has 9 rings (SSSR count). The van der Waals surface area contributed by atoms with Crippen molar-refractivity contribution in [2.45, 2.75) is 101 Å². The molecular formula is C60H69N9O9. The molecule has 0 aliphatic rings. The second-order valence-electron chi connectivity index (χ2n) is 19.8. The lowest BCUT2D eigenvalue weighted by Gasteiger charge is -2.11. The van der Waals surface area contributed by atoms with Crippen LogP contribution in [0.2, 0.25) is 0 Å². The number of fused-ring (bicyclic) bond motifs is 3. The van der Waals surface area contributed by atoms with Crippen LogP contribution in [0.4, 0.5) is 0 Å². The van der Waals surface area contributed by atoms with Gasteiger partial charge in [-0.15, -0.1) is 14.2 Å². The van der Waals surface area contributed by atoms with Crippen LogP contribution in [0.15, 0.2) is 123 Å². The van der Waals surface area contributed by atoms with Gasteiger partial charge in [0.1, 0.15) is 34.2 Å². The minimum Gasteiger partial charge on any atom is -0.480 e. The molecule has 0 radical (unpaired) electrons. The van der Waals surface area contributed by atoms with Crippen LogP contribution in [0.1, 0.15) is 109 Å². The molecule has 0 bridgehead atoms. The molecule has 6 N–H and O–H groups in total. The quantitative estimate of drug-likeness (QED) is 0.0415. The Morgan fingerprint density at radius 3 is 0.936 bits per heavy atom. The Hall–Kier alpha value is -9.06. The Morgan fingerprint density at radius 2 is 0.705 bits per heavy atom. The largest absolute Gasteiger partial charge is 0.480 e. The number of aromatic nitrogens is 9. The first-order chi connectivity index (χ1) is 37.3. The lowest BCUT2D eigenvalue weighted by molar-refractivity contribution is 0.158. The molecule has 78 heavy (non-hydrogen) atoms. The van der Waals surface area contributed by atoms with Gasteiger partial charge in [0, 0.05) is 70.6 Å². The van der Waals surface area contributed by atoms with E-state index in [0.717, 1.165) is 68.7 Å². The van der Waals surface area contributed by atoms with E-state index in [2.05, 4.69) is 108 Å². The number of methoxy groups -OCH3 is 3. The summed E-state index contributed by atoms with van der Waals surface area (Å²) in [6.07, 6.45) is 15.8. The molecule has 0 atom stereocenters. The molecule has 0 unspecified atom stereocenters. The van der Waals surface area contributed by atoms with Gasteiger partial charge in [-0.25, -0.2) is 15.0 Å². The smallest absolute Gasteiger partial charge is 0.304 e. The number of allylic oxidation sites excluding steroid dienone is 6. The topological polar surface area (TPSA) is 240 Å². The highest BCUT2D eigenvalue weighted by Crippen LogP contribution is 2.30. The fourth-order valence-corrected chi connectivity index (χ4v) is 9.09. The van der Waals surface area contributed by atoms with Crippen molar-refractivity contribution in [2.75, 3.05) is 21.3 Å². The molecule has 0 saturated heterocycles. The van der Waals surface area contributed by atoms with Gasteiger partial charge in [0.25, 0.3) is 0 Å². The average Bonchev–Trinajstić information content (AvgIpc) is 4.18. The number of H-pyrrole nitrogens is 3. The van der Waals surface area contributed by atoms with Gasteiger partial charge in [0.2, 0.25) is 17.6 Å². The molecule has 18 nitrogen and oxygen atoms in total. The highest BCUT2D eigenvalue weighted by atomic mass is 16.5. The number of nitrogens with zero attached hydrogens (tertiary/aromatic N) is 6. The lowest BCUT2D eigenvalue weighted by atomic mass is 10.0. The number of ether oxygens (including phenoxy) is 3. The van der Waals surface area contributed by atoms with Crippen LogP contribution >= 0.6 is 0 Å². The molecule has 18 heteroatoms. The second kappa shape index (κ2) is 24.7. The Bertz CT molecular complexity index is 3520. The molecular weight excluding hydrogens is 991 g/mol. The summed E-state index contributed by atoms with van der Waals surface area (Å²) in [5.74, 6) is 0.749. The molecule has 6 aromatic heterocycles. The number of aryl methyl sites for hydroxylation is 3. The van der Waals surface area contributed by atoms with Crippen molar-refractivity contribution in [1.29, 1.82) is 0 Å². The van der Waals surface area contributed by atoms with E-state index in [9.17, 15) is 30.0 Å². The van der Waals surface area contributed by atoms with Crippen LogP contribution in [0, 0.1) is 20.8 Å². The van der Waals surface area contributed by atoms with Gasteiger partial charge in [0.05, 0.1) is 21.3 Å². The average molecular weight is 1060 g/mol. The summed E-state index contributed by atoms with van der Waals surface area (Å²) in [6, 6.07) is 18.4. The standard InChI is InChI=1S/3C20H23N3O3/c3*1-12(2)8-9-14-6-5-7-16-15(11-21-18(14)16)10-17-19(26-4)22-13(3)20(24)23(17)25/h3*5-8,11,21,25H,9-10H2,1-4H3. The van der Waals surface area contributed by atoms with Gasteiger partial charge < -0.3 is 44.8 Å². The fraction of sp³-hybridized carbons (Fsp3) is 0.300. The van der Waals surface area contributed by atoms with Crippen LogP contribution in [0.25, 0.3) is 32.7 Å². The number of aromatic amines is 3. The van der Waals surface area contributed by atoms with Crippen molar-refractivity contribution in [1.82, 2.24) is 44.1 Å². The molecule has 0 saturated carbocycles. The van der Waals surface area contributed by atoms with Gasteiger partial charge in [-0.2, -0.15) is 0 Å². The maximum absolute atomic E-state index is 12.0. The molecule has 3 aromatic carbocycles. The predicted molar refractivity (Wildman–Crippen MR) is 304 cm³/mol. The summed E-state index contributed by atoms with van der Waals surface area (Å²) in [4.78, 5) is 58.5. The van der Waals surface area contributed by atoms with E-state index < -0.39 is 16.7 Å². The highest BCUT2D eigenvalue weighted by molar-refractivity contribution is 5.88. The number of rotatable bonds is 15. The number of para-hydroxylation sites is 3. The van der Waals surface area contributed by atoms with E-state index in [1.54, 1.807) is 20.8 Å². The number of benzene rings is 3. The second-order valence-corrected chi connectivity index (χ2v) is 19.8. The normalized spacial score (nSPS) is 10.9. The van der Waals surface area contributed by atoms with E-state index in [-0.39, 0.29) is 34.7 Å². The number of nitrogens with one attached hydrogen (secondary N) is 3. The minimum absolute atomic E-state index is 0.191. The first-order valence-corrected chi connectivity index (χ1v) is 25.5. The first kappa shape index (κ1) is 56.7. The molecule has 6 heterocycles. The Balaban J connectivity index is 0.000000170. The van der Waals surface area contributed by atoms with Gasteiger partial charge >= 0.3 is 16.7 Å². The van der Waals surface area contributed by atoms with Gasteiger partial charge in [-0.1, -0.05) is 89.5 Å². The Labute approximate surface area is 451 Å². The van der Waals surface area contributed by atoms with E-state index >= 15 is 0 Å². The lowest BCUT2D eigenvalue weighted by Crippen LogP contribution is -2.26. The van der Waals surface area contributed by atoms with Gasteiger partial charge in [0.15, 0.2) is 0 Å². The van der Waals surface area contributed by atoms with Crippen LogP contribution < -0.4 is 30.9 Å². The van der Waals surface area contributed by atoms with Gasteiger partial charge in [-0.3, -0.25) is 14.4 Å². The zero-order valence-corrected chi connectivity index (χ0v) is 46.4. The summed E-state index contributed by atoms with van der Waals surface area (Å²) in [5.41, 5.74) is 13.4. The molecule has 9 aromatic rings. The van der Waals surface area contributed by atoms with Crippen molar-refractivity contribution in [3.05, 3.63) is 207 Å². The van der Waals surface area contributed by atoms with E-state index in [1.807, 2.05) is 55.0 Å². The van der Waals surface area contributed by atoms with E-state index in [0.29, 0.717) is 50.5 Å². The predicted octanol–water partition coefficient (Wildman–Crippen LogP) is 10.1. The summed E-state index contributed by atoms with van der Waals surface area (Å²) in [7, 11) is 4.42. The third kappa shape index (κ3) is 12.4. The molecule has 0 amide bonds. The highest BCUT2D eigenvalue weighted by Gasteiger charge is 2.21. The van der Waals surface area contributed by atoms with Crippen LogP contribution in [-0.2, 0) is 38.5 Å². The molecule has 0 spiro atoms. The third-order valence-electron chi connectivity index (χ3n) is 13.3. The van der Waals surface area contributed by atoms with Crippen molar-refractivity contribution in [3.63, 3.8) is 0 Å². The van der Waals surface area contributed by atoms with Crippen LogP contribution in [0.3, 0.4) is 0 Å². The summed E-state index contributed by atoms with van der Waals surface area (Å²) < 4.78 is 17.7. The van der Waals surface area contributed by atoms with Crippen molar-refractivity contribution in [2.24, 2.45) is 0 Å². The zero-order valence-electron chi connectivity index (χ0n) is 46.4. The van der Waals surface area contributed by atoms with Crippen LogP contribution in [-0.4, -0.2) is 81.0 Å². The third-order valence-corrected chi connectivity index (χ3v) is 13.3.